The largest absolute Gasteiger partial charge is 0.464 e. The Hall–Kier alpha value is -3.87. The van der Waals surface area contributed by atoms with Crippen molar-refractivity contribution in [2.75, 3.05) is 5.32 Å². The first-order valence-electron chi connectivity index (χ1n) is 12.3. The molecule has 3 aromatic rings. The Morgan fingerprint density at radius 3 is 2.33 bits per heavy atom. The fourth-order valence-corrected chi connectivity index (χ4v) is 4.71. The molecular weight excluding hydrogens is 454 g/mol. The molecule has 2 atom stereocenters. The van der Waals surface area contributed by atoms with Crippen LogP contribution < -0.4 is 10.6 Å². The van der Waals surface area contributed by atoms with Crippen molar-refractivity contribution in [3.8, 4) is 0 Å². The molecule has 0 spiro atoms. The number of rotatable bonds is 5. The van der Waals surface area contributed by atoms with Crippen LogP contribution in [-0.2, 0) is 20.8 Å². The summed E-state index contributed by atoms with van der Waals surface area (Å²) in [6.45, 7) is 7.41. The van der Waals surface area contributed by atoms with Gasteiger partial charge in [-0.15, -0.1) is 0 Å². The number of amides is 3. The molecule has 0 bridgehead atoms. The Morgan fingerprint density at radius 1 is 0.972 bits per heavy atom. The van der Waals surface area contributed by atoms with E-state index in [1.54, 1.807) is 43.3 Å². The van der Waals surface area contributed by atoms with E-state index in [-0.39, 0.29) is 0 Å². The summed E-state index contributed by atoms with van der Waals surface area (Å²) in [5, 5.41) is 5.68. The van der Waals surface area contributed by atoms with Crippen molar-refractivity contribution in [1.82, 2.24) is 10.2 Å². The molecule has 1 aromatic heterocycles. The molecule has 1 aliphatic carbocycles. The van der Waals surface area contributed by atoms with Gasteiger partial charge in [0.05, 0.1) is 6.04 Å². The highest BCUT2D eigenvalue weighted by Crippen LogP contribution is 2.40. The topological polar surface area (TPSA) is 91.7 Å². The Balaban J connectivity index is 1.81. The van der Waals surface area contributed by atoms with Crippen LogP contribution in [0.4, 0.5) is 5.69 Å². The SMILES string of the molecule is Cc1ccc([C@@H](C(=O)NC(C)(C)C)N(C(=O)C(=O)Nc2ccccc2)[C@H]2CCCc3ccccc32)o1. The Kier molecular flexibility index (Phi) is 7.29. The predicted octanol–water partition coefficient (Wildman–Crippen LogP) is 5.09. The second-order valence-electron chi connectivity index (χ2n) is 10.2. The summed E-state index contributed by atoms with van der Waals surface area (Å²) in [6.07, 6.45) is 2.33. The summed E-state index contributed by atoms with van der Waals surface area (Å²) >= 11 is 0. The van der Waals surface area contributed by atoms with Crippen molar-refractivity contribution in [3.63, 3.8) is 0 Å². The lowest BCUT2D eigenvalue weighted by Gasteiger charge is -2.40. The van der Waals surface area contributed by atoms with Gasteiger partial charge in [0, 0.05) is 11.2 Å². The zero-order valence-corrected chi connectivity index (χ0v) is 21.2. The van der Waals surface area contributed by atoms with Crippen LogP contribution in [0.25, 0.3) is 0 Å². The van der Waals surface area contributed by atoms with Gasteiger partial charge in [-0.05, 0) is 82.3 Å². The van der Waals surface area contributed by atoms with Crippen molar-refractivity contribution in [2.45, 2.75) is 64.6 Å². The van der Waals surface area contributed by atoms with Crippen molar-refractivity contribution < 1.29 is 18.8 Å². The van der Waals surface area contributed by atoms with E-state index in [9.17, 15) is 14.4 Å². The molecular formula is C29H33N3O4. The quantitative estimate of drug-likeness (QED) is 0.491. The Labute approximate surface area is 211 Å². The molecule has 3 amide bonds. The monoisotopic (exact) mass is 487 g/mol. The lowest BCUT2D eigenvalue weighted by atomic mass is 9.85. The third kappa shape index (κ3) is 5.67. The number of fused-ring (bicyclic) bond motifs is 1. The second kappa shape index (κ2) is 10.4. The van der Waals surface area contributed by atoms with E-state index in [2.05, 4.69) is 10.6 Å². The Morgan fingerprint density at radius 2 is 1.67 bits per heavy atom. The van der Waals surface area contributed by atoms with Gasteiger partial charge in [0.25, 0.3) is 5.91 Å². The third-order valence-corrected chi connectivity index (χ3v) is 6.19. The minimum absolute atomic E-state index is 0.318. The summed E-state index contributed by atoms with van der Waals surface area (Å²) in [5.74, 6) is -1.06. The lowest BCUT2D eigenvalue weighted by molar-refractivity contribution is -0.151. The average molecular weight is 488 g/mol. The van der Waals surface area contributed by atoms with E-state index in [0.717, 1.165) is 24.0 Å². The van der Waals surface area contributed by atoms with Gasteiger partial charge in [-0.1, -0.05) is 42.5 Å². The van der Waals surface area contributed by atoms with Crippen LogP contribution in [0.5, 0.6) is 0 Å². The van der Waals surface area contributed by atoms with Gasteiger partial charge in [-0.3, -0.25) is 14.4 Å². The van der Waals surface area contributed by atoms with Crippen molar-refractivity contribution in [1.29, 1.82) is 0 Å². The van der Waals surface area contributed by atoms with E-state index in [0.29, 0.717) is 23.6 Å². The molecule has 7 nitrogen and oxygen atoms in total. The molecule has 0 fully saturated rings. The van der Waals surface area contributed by atoms with Gasteiger partial charge < -0.3 is 20.0 Å². The maximum atomic E-state index is 13.9. The van der Waals surface area contributed by atoms with Crippen LogP contribution in [0.3, 0.4) is 0 Å². The smallest absolute Gasteiger partial charge is 0.313 e. The van der Waals surface area contributed by atoms with E-state index in [4.69, 9.17) is 4.42 Å². The lowest BCUT2D eigenvalue weighted by Crippen LogP contribution is -2.52. The normalized spacial score (nSPS) is 15.9. The minimum Gasteiger partial charge on any atom is -0.464 e. The number of carbonyl (C=O) groups is 3. The molecule has 36 heavy (non-hydrogen) atoms. The number of nitrogens with zero attached hydrogens (tertiary/aromatic N) is 1. The minimum atomic E-state index is -1.12. The average Bonchev–Trinajstić information content (AvgIpc) is 3.26. The van der Waals surface area contributed by atoms with Crippen LogP contribution in [0.2, 0.25) is 0 Å². The van der Waals surface area contributed by atoms with E-state index < -0.39 is 35.3 Å². The van der Waals surface area contributed by atoms with Crippen molar-refractivity contribution in [2.24, 2.45) is 0 Å². The highest BCUT2D eigenvalue weighted by atomic mass is 16.3. The first kappa shape index (κ1) is 25.2. The number of anilines is 1. The molecule has 0 aliphatic heterocycles. The van der Waals surface area contributed by atoms with Crippen LogP contribution in [0.1, 0.15) is 68.3 Å². The summed E-state index contributed by atoms with van der Waals surface area (Å²) in [4.78, 5) is 42.4. The van der Waals surface area contributed by atoms with E-state index >= 15 is 0 Å². The number of carbonyl (C=O) groups excluding carboxylic acids is 3. The number of para-hydroxylation sites is 1. The molecule has 0 saturated heterocycles. The molecule has 2 aromatic carbocycles. The van der Waals surface area contributed by atoms with Gasteiger partial charge in [-0.25, -0.2) is 0 Å². The van der Waals surface area contributed by atoms with Gasteiger partial charge in [0.1, 0.15) is 11.5 Å². The van der Waals surface area contributed by atoms with Gasteiger partial charge in [0.15, 0.2) is 6.04 Å². The summed E-state index contributed by atoms with van der Waals surface area (Å²) in [7, 11) is 0. The molecule has 1 heterocycles. The molecule has 4 rings (SSSR count). The molecule has 0 unspecified atom stereocenters. The van der Waals surface area contributed by atoms with Crippen LogP contribution in [0.15, 0.2) is 71.1 Å². The standard InChI is InChI=1S/C29H33N3O4/c1-19-17-18-24(36-19)25(26(33)31-29(2,3)4)32(23-16-10-12-20-11-8-9-15-22(20)23)28(35)27(34)30-21-13-6-5-7-14-21/h5-9,11,13-15,17-18,23,25H,10,12,16H2,1-4H3,(H,30,34)(H,31,33)/t23-,25-/m0/s1. The molecule has 0 saturated carbocycles. The van der Waals surface area contributed by atoms with Crippen LogP contribution >= 0.6 is 0 Å². The zero-order chi connectivity index (χ0) is 25.9. The number of furan rings is 1. The third-order valence-electron chi connectivity index (χ3n) is 6.19. The van der Waals surface area contributed by atoms with Gasteiger partial charge in [0.2, 0.25) is 0 Å². The molecule has 188 valence electrons. The summed E-state index contributed by atoms with van der Waals surface area (Å²) in [5.41, 5.74) is 2.01. The first-order valence-corrected chi connectivity index (χ1v) is 12.3. The number of aryl methyl sites for hydroxylation is 2. The Bertz CT molecular complexity index is 1240. The summed E-state index contributed by atoms with van der Waals surface area (Å²) in [6, 6.07) is 18.6. The highest BCUT2D eigenvalue weighted by Gasteiger charge is 2.43. The second-order valence-corrected chi connectivity index (χ2v) is 10.2. The first-order chi connectivity index (χ1) is 17.1. The summed E-state index contributed by atoms with van der Waals surface area (Å²) < 4.78 is 5.90. The predicted molar refractivity (Wildman–Crippen MR) is 138 cm³/mol. The van der Waals surface area contributed by atoms with Crippen LogP contribution in [0, 0.1) is 6.92 Å². The number of hydrogen-bond donors (Lipinski definition) is 2. The van der Waals surface area contributed by atoms with Crippen LogP contribution in [-0.4, -0.2) is 28.2 Å². The number of benzene rings is 2. The van der Waals surface area contributed by atoms with Crippen molar-refractivity contribution >= 4 is 23.4 Å². The number of hydrogen-bond acceptors (Lipinski definition) is 4. The van der Waals surface area contributed by atoms with Gasteiger partial charge in [-0.2, -0.15) is 0 Å². The molecule has 0 radical (unpaired) electrons. The number of nitrogens with one attached hydrogen (secondary N) is 2. The maximum absolute atomic E-state index is 13.9. The van der Waals surface area contributed by atoms with E-state index in [1.165, 1.54) is 4.90 Å². The van der Waals surface area contributed by atoms with Crippen molar-refractivity contribution in [3.05, 3.63) is 89.4 Å². The van der Waals surface area contributed by atoms with E-state index in [1.807, 2.05) is 51.1 Å². The zero-order valence-electron chi connectivity index (χ0n) is 21.2. The molecule has 7 heteroatoms. The van der Waals surface area contributed by atoms with Gasteiger partial charge >= 0.3 is 11.8 Å². The maximum Gasteiger partial charge on any atom is 0.313 e. The fourth-order valence-electron chi connectivity index (χ4n) is 4.71. The highest BCUT2D eigenvalue weighted by molar-refractivity contribution is 6.40. The molecule has 2 N–H and O–H groups in total. The molecule has 1 aliphatic rings. The fraction of sp³-hybridized carbons (Fsp3) is 0.345.